The monoisotopic (exact) mass is 699 g/mol. The van der Waals surface area contributed by atoms with E-state index < -0.39 is 64.6 Å². The third-order valence-corrected chi connectivity index (χ3v) is 11.9. The average Bonchev–Trinajstić information content (AvgIpc) is 3.64. The van der Waals surface area contributed by atoms with Gasteiger partial charge in [-0.15, -0.1) is 0 Å². The number of hydrogen-bond donors (Lipinski definition) is 5. The molecule has 12 heteroatoms. The molecular weight excluding hydrogens is 638 g/mol. The highest BCUT2D eigenvalue weighted by Gasteiger charge is 2.52. The van der Waals surface area contributed by atoms with Crippen molar-refractivity contribution in [2.45, 2.75) is 185 Å². The summed E-state index contributed by atoms with van der Waals surface area (Å²) < 4.78 is 0. The molecule has 280 valence electrons. The number of likely N-dealkylation sites (tertiary alicyclic amines) is 1. The summed E-state index contributed by atoms with van der Waals surface area (Å²) in [5.41, 5.74) is -2.24. The van der Waals surface area contributed by atoms with E-state index >= 15 is 0 Å². The van der Waals surface area contributed by atoms with E-state index in [1.165, 1.54) is 0 Å². The van der Waals surface area contributed by atoms with Crippen LogP contribution in [0, 0.1) is 17.3 Å². The van der Waals surface area contributed by atoms with Gasteiger partial charge in [0.15, 0.2) is 0 Å². The number of ketones is 1. The molecule has 0 bridgehead atoms. The smallest absolute Gasteiger partial charge is 0.289 e. The number of nitrogens with one attached hydrogen (secondary N) is 4. The van der Waals surface area contributed by atoms with Crippen LogP contribution >= 0.6 is 0 Å². The van der Waals surface area contributed by atoms with Crippen molar-refractivity contribution in [3.8, 4) is 0 Å². The Balaban J connectivity index is 1.37. The first-order chi connectivity index (χ1) is 23.7. The van der Waals surface area contributed by atoms with Crippen molar-refractivity contribution in [3.05, 3.63) is 0 Å². The predicted octanol–water partition coefficient (Wildman–Crippen LogP) is 3.18. The third-order valence-electron chi connectivity index (χ3n) is 11.9. The van der Waals surface area contributed by atoms with Crippen LogP contribution in [0.4, 0.5) is 0 Å². The van der Waals surface area contributed by atoms with Crippen LogP contribution in [0.1, 0.15) is 143 Å². The topological polar surface area (TPSA) is 174 Å². The Hall–Kier alpha value is -3.02. The van der Waals surface area contributed by atoms with E-state index in [1.807, 2.05) is 27.7 Å². The molecule has 5 aliphatic rings. The van der Waals surface area contributed by atoms with Crippen molar-refractivity contribution in [1.82, 2.24) is 26.2 Å². The first-order valence-corrected chi connectivity index (χ1v) is 19.5. The molecule has 1 aliphatic heterocycles. The Bertz CT molecular complexity index is 1280. The van der Waals surface area contributed by atoms with E-state index in [2.05, 4.69) is 21.3 Å². The minimum absolute atomic E-state index is 0.0125. The van der Waals surface area contributed by atoms with Gasteiger partial charge in [-0.05, 0) is 94.3 Å². The number of carbonyl (C=O) groups excluding carboxylic acids is 6. The Morgan fingerprint density at radius 2 is 1.46 bits per heavy atom. The molecule has 50 heavy (non-hydrogen) atoms. The van der Waals surface area contributed by atoms with E-state index in [1.54, 1.807) is 4.90 Å². The molecule has 5 amide bonds. The summed E-state index contributed by atoms with van der Waals surface area (Å²) in [4.78, 5) is 84.1. The molecule has 1 unspecified atom stereocenters. The lowest BCUT2D eigenvalue weighted by molar-refractivity contribution is -0.148. The normalized spacial score (nSPS) is 27.0. The lowest BCUT2D eigenvalue weighted by atomic mass is 9.81. The van der Waals surface area contributed by atoms with Gasteiger partial charge in [0.2, 0.25) is 23.5 Å². The summed E-state index contributed by atoms with van der Waals surface area (Å²) in [5, 5.41) is 22.6. The molecule has 1 heterocycles. The molecule has 0 aromatic rings. The largest absolute Gasteiger partial charge is 0.380 e. The standard InChI is InChI=1S/C38H61N5O7/c1-5-13-26(30(44)34(47)39-25-18-19-25)40-32(45)28-22-24-16-9-10-17-27(24)43(28)35(48)31(37(2,3)4)42-33(46)29(23-14-7-6-8-15-23)41-36(49)38(50)20-11-12-21-38/h23-29,31,50H,5-22H2,1-4H3,(H,39,47)(H,40,45)(H,41,49)(H,42,46)/t24-,26-,27-,28-,29?,31+/m0/s1. The van der Waals surface area contributed by atoms with Gasteiger partial charge in [0.25, 0.3) is 11.8 Å². The lowest BCUT2D eigenvalue weighted by Gasteiger charge is -2.41. The second-order valence-corrected chi connectivity index (χ2v) is 17.0. The van der Waals surface area contributed by atoms with Crippen LogP contribution in [0.25, 0.3) is 0 Å². The van der Waals surface area contributed by atoms with Crippen LogP contribution in [-0.4, -0.2) is 87.2 Å². The molecule has 4 saturated carbocycles. The fourth-order valence-corrected chi connectivity index (χ4v) is 8.84. The number of rotatable bonds is 13. The summed E-state index contributed by atoms with van der Waals surface area (Å²) in [5.74, 6) is -3.14. The van der Waals surface area contributed by atoms with E-state index in [0.717, 1.165) is 83.5 Å². The van der Waals surface area contributed by atoms with Gasteiger partial charge < -0.3 is 31.3 Å². The highest BCUT2D eigenvalue weighted by atomic mass is 16.3. The molecule has 6 atom stereocenters. The maximum absolute atomic E-state index is 14.8. The van der Waals surface area contributed by atoms with Gasteiger partial charge in [0, 0.05) is 12.1 Å². The Kier molecular flexibility index (Phi) is 12.3. The molecule has 12 nitrogen and oxygen atoms in total. The molecule has 5 rings (SSSR count). The third kappa shape index (κ3) is 8.88. The summed E-state index contributed by atoms with van der Waals surface area (Å²) in [6.45, 7) is 7.52. The molecule has 0 radical (unpaired) electrons. The zero-order valence-corrected chi connectivity index (χ0v) is 30.7. The van der Waals surface area contributed by atoms with Gasteiger partial charge in [-0.25, -0.2) is 0 Å². The highest BCUT2D eigenvalue weighted by molar-refractivity contribution is 6.38. The summed E-state index contributed by atoms with van der Waals surface area (Å²) in [7, 11) is 0. The van der Waals surface area contributed by atoms with Crippen molar-refractivity contribution in [1.29, 1.82) is 0 Å². The molecule has 5 N–H and O–H groups in total. The first kappa shape index (κ1) is 38.2. The molecule has 0 aromatic heterocycles. The highest BCUT2D eigenvalue weighted by Crippen LogP contribution is 2.41. The minimum atomic E-state index is -1.49. The first-order valence-electron chi connectivity index (χ1n) is 19.5. The lowest BCUT2D eigenvalue weighted by Crippen LogP contribution is -2.64. The molecular formula is C38H61N5O7. The number of hydrogen-bond acceptors (Lipinski definition) is 7. The zero-order valence-electron chi connectivity index (χ0n) is 30.7. The van der Waals surface area contributed by atoms with Gasteiger partial charge in [-0.3, -0.25) is 28.8 Å². The van der Waals surface area contributed by atoms with Gasteiger partial charge in [-0.2, -0.15) is 0 Å². The fourth-order valence-electron chi connectivity index (χ4n) is 8.84. The Morgan fingerprint density at radius 3 is 2.08 bits per heavy atom. The van der Waals surface area contributed by atoms with E-state index in [-0.39, 0.29) is 29.8 Å². The zero-order chi connectivity index (χ0) is 36.2. The molecule has 4 aliphatic carbocycles. The maximum atomic E-state index is 14.8. The fraction of sp³-hybridized carbons (Fsp3) is 0.842. The summed E-state index contributed by atoms with van der Waals surface area (Å²) in [6.07, 6.45) is 13.2. The van der Waals surface area contributed by atoms with Crippen molar-refractivity contribution in [2.24, 2.45) is 17.3 Å². The average molecular weight is 700 g/mol. The van der Waals surface area contributed by atoms with Crippen LogP contribution in [0.3, 0.4) is 0 Å². The van der Waals surface area contributed by atoms with Crippen LogP contribution in [0.5, 0.6) is 0 Å². The summed E-state index contributed by atoms with van der Waals surface area (Å²) >= 11 is 0. The molecule has 0 spiro atoms. The second-order valence-electron chi connectivity index (χ2n) is 17.0. The second kappa shape index (κ2) is 16.1. The van der Waals surface area contributed by atoms with Crippen LogP contribution < -0.4 is 21.3 Å². The molecule has 0 aromatic carbocycles. The van der Waals surface area contributed by atoms with Gasteiger partial charge in [0.05, 0.1) is 6.04 Å². The molecule has 1 saturated heterocycles. The van der Waals surface area contributed by atoms with E-state index in [0.29, 0.717) is 32.1 Å². The minimum Gasteiger partial charge on any atom is -0.380 e. The quantitative estimate of drug-likeness (QED) is 0.184. The SMILES string of the molecule is CCC[C@H](NC(=O)[C@@H]1C[C@@H]2CCCC[C@@H]2N1C(=O)[C@@H](NC(=O)C(NC(=O)C1(O)CCCC1)C1CCCCC1)C(C)(C)C)C(=O)C(=O)NC1CC1. The van der Waals surface area contributed by atoms with Crippen LogP contribution in [0.15, 0.2) is 0 Å². The Labute approximate surface area is 297 Å². The van der Waals surface area contributed by atoms with Crippen molar-refractivity contribution in [3.63, 3.8) is 0 Å². The maximum Gasteiger partial charge on any atom is 0.289 e. The van der Waals surface area contributed by atoms with E-state index in [9.17, 15) is 33.9 Å². The van der Waals surface area contributed by atoms with Gasteiger partial charge in [0.1, 0.15) is 23.7 Å². The number of amides is 5. The Morgan fingerprint density at radius 1 is 0.820 bits per heavy atom. The molecule has 5 fully saturated rings. The van der Waals surface area contributed by atoms with Crippen molar-refractivity contribution >= 4 is 35.3 Å². The van der Waals surface area contributed by atoms with Gasteiger partial charge >= 0.3 is 0 Å². The van der Waals surface area contributed by atoms with E-state index in [4.69, 9.17) is 0 Å². The van der Waals surface area contributed by atoms with Crippen LogP contribution in [0.2, 0.25) is 0 Å². The number of carbonyl (C=O) groups is 6. The predicted molar refractivity (Wildman–Crippen MR) is 187 cm³/mol. The number of nitrogens with zero attached hydrogens (tertiary/aromatic N) is 1. The number of aliphatic hydroxyl groups is 1. The van der Waals surface area contributed by atoms with Gasteiger partial charge in [-0.1, -0.05) is 66.2 Å². The number of Topliss-reactive ketones (excluding diaryl/α,β-unsaturated/α-hetero) is 1. The van der Waals surface area contributed by atoms with Crippen molar-refractivity contribution in [2.75, 3.05) is 0 Å². The number of fused-ring (bicyclic) bond motifs is 1. The van der Waals surface area contributed by atoms with Crippen LogP contribution in [-0.2, 0) is 28.8 Å². The van der Waals surface area contributed by atoms with Crippen molar-refractivity contribution < 1.29 is 33.9 Å². The summed E-state index contributed by atoms with van der Waals surface area (Å²) in [6, 6.07) is -3.90.